The van der Waals surface area contributed by atoms with E-state index >= 15 is 0 Å². The van der Waals surface area contributed by atoms with Crippen molar-refractivity contribution in [1.82, 2.24) is 9.29 Å². The van der Waals surface area contributed by atoms with Gasteiger partial charge in [-0.25, -0.2) is 22.1 Å². The number of hydrogen-bond donors (Lipinski definition) is 0. The van der Waals surface area contributed by atoms with E-state index in [0.717, 1.165) is 25.7 Å². The highest BCUT2D eigenvalue weighted by molar-refractivity contribution is 7.89. The first-order valence-corrected chi connectivity index (χ1v) is 10.7. The molecule has 25 heavy (non-hydrogen) atoms. The maximum absolute atomic E-state index is 13.6. The standard InChI is InChI=1S/C18H27FN2O3S/c1-18(9-3-2-4-10-18)14-25(22,23)21-12-7-15(8-13-21)24-17-16(19)6-5-11-20-17/h5-6,11,15H,2-4,7-10,12-14H2,1H3. The topological polar surface area (TPSA) is 59.5 Å². The van der Waals surface area contributed by atoms with E-state index in [2.05, 4.69) is 11.9 Å². The lowest BCUT2D eigenvalue weighted by Crippen LogP contribution is -2.45. The molecular formula is C18H27FN2O3S. The molecule has 0 radical (unpaired) electrons. The quantitative estimate of drug-likeness (QED) is 0.797. The third-order valence-corrected chi connectivity index (χ3v) is 7.60. The monoisotopic (exact) mass is 370 g/mol. The molecule has 2 fully saturated rings. The molecule has 1 aromatic rings. The van der Waals surface area contributed by atoms with Crippen molar-refractivity contribution in [2.45, 2.75) is 58.0 Å². The molecule has 0 atom stereocenters. The zero-order valence-electron chi connectivity index (χ0n) is 14.8. The van der Waals surface area contributed by atoms with Crippen molar-refractivity contribution in [3.05, 3.63) is 24.1 Å². The second-order valence-electron chi connectivity index (χ2n) is 7.63. The molecule has 1 saturated heterocycles. The molecule has 0 unspecified atom stereocenters. The van der Waals surface area contributed by atoms with E-state index in [1.807, 2.05) is 0 Å². The van der Waals surface area contributed by atoms with E-state index in [0.29, 0.717) is 25.9 Å². The van der Waals surface area contributed by atoms with Crippen LogP contribution in [0.1, 0.15) is 51.9 Å². The van der Waals surface area contributed by atoms with Crippen molar-refractivity contribution in [3.8, 4) is 5.88 Å². The molecule has 1 saturated carbocycles. The summed E-state index contributed by atoms with van der Waals surface area (Å²) in [4.78, 5) is 3.90. The first-order chi connectivity index (χ1) is 11.9. The van der Waals surface area contributed by atoms with Crippen LogP contribution in [0.5, 0.6) is 5.88 Å². The largest absolute Gasteiger partial charge is 0.472 e. The maximum atomic E-state index is 13.6. The fourth-order valence-electron chi connectivity index (χ4n) is 3.93. The summed E-state index contributed by atoms with van der Waals surface area (Å²) in [6.45, 7) is 2.96. The second kappa shape index (κ2) is 7.58. The highest BCUT2D eigenvalue weighted by Crippen LogP contribution is 2.37. The maximum Gasteiger partial charge on any atom is 0.250 e. The fourth-order valence-corrected chi connectivity index (χ4v) is 6.04. The van der Waals surface area contributed by atoms with Gasteiger partial charge in [-0.2, -0.15) is 0 Å². The fraction of sp³-hybridized carbons (Fsp3) is 0.722. The number of piperidine rings is 1. The minimum atomic E-state index is -3.26. The zero-order valence-corrected chi connectivity index (χ0v) is 15.6. The lowest BCUT2D eigenvalue weighted by Gasteiger charge is -2.37. The first kappa shape index (κ1) is 18.6. The predicted molar refractivity (Wildman–Crippen MR) is 94.4 cm³/mol. The summed E-state index contributed by atoms with van der Waals surface area (Å²) in [6, 6.07) is 2.83. The summed E-state index contributed by atoms with van der Waals surface area (Å²) >= 11 is 0. The van der Waals surface area contributed by atoms with Crippen molar-refractivity contribution < 1.29 is 17.5 Å². The Morgan fingerprint density at radius 2 is 1.96 bits per heavy atom. The van der Waals surface area contributed by atoms with Crippen LogP contribution in [-0.2, 0) is 10.0 Å². The molecule has 0 amide bonds. The summed E-state index contributed by atoms with van der Waals surface area (Å²) in [7, 11) is -3.26. The zero-order chi connectivity index (χ0) is 17.9. The van der Waals surface area contributed by atoms with Gasteiger partial charge in [0.25, 0.3) is 5.88 Å². The van der Waals surface area contributed by atoms with Gasteiger partial charge in [0.15, 0.2) is 5.82 Å². The highest BCUT2D eigenvalue weighted by Gasteiger charge is 2.37. The van der Waals surface area contributed by atoms with Gasteiger partial charge in [-0.3, -0.25) is 0 Å². The van der Waals surface area contributed by atoms with Crippen molar-refractivity contribution in [2.24, 2.45) is 5.41 Å². The SMILES string of the molecule is CC1(CS(=O)(=O)N2CCC(Oc3ncccc3F)CC2)CCCCC1. The molecule has 2 heterocycles. The minimum Gasteiger partial charge on any atom is -0.472 e. The van der Waals surface area contributed by atoms with Gasteiger partial charge in [0.05, 0.1) is 5.75 Å². The van der Waals surface area contributed by atoms with Gasteiger partial charge < -0.3 is 4.74 Å². The van der Waals surface area contributed by atoms with E-state index < -0.39 is 15.8 Å². The van der Waals surface area contributed by atoms with Crippen LogP contribution in [0.2, 0.25) is 0 Å². The Bertz CT molecular complexity index is 681. The van der Waals surface area contributed by atoms with E-state index in [4.69, 9.17) is 4.74 Å². The Kier molecular flexibility index (Phi) is 5.63. The van der Waals surface area contributed by atoms with E-state index in [1.165, 1.54) is 24.8 Å². The number of pyridine rings is 1. The van der Waals surface area contributed by atoms with Crippen LogP contribution in [0.15, 0.2) is 18.3 Å². The van der Waals surface area contributed by atoms with Crippen LogP contribution in [0, 0.1) is 11.2 Å². The molecule has 5 nitrogen and oxygen atoms in total. The van der Waals surface area contributed by atoms with Gasteiger partial charge in [-0.1, -0.05) is 26.2 Å². The average molecular weight is 370 g/mol. The number of rotatable bonds is 5. The van der Waals surface area contributed by atoms with Crippen molar-refractivity contribution in [2.75, 3.05) is 18.8 Å². The average Bonchev–Trinajstić information content (AvgIpc) is 2.57. The molecule has 1 aliphatic heterocycles. The molecule has 3 rings (SSSR count). The van der Waals surface area contributed by atoms with E-state index in [-0.39, 0.29) is 23.2 Å². The lowest BCUT2D eigenvalue weighted by atomic mass is 9.77. The van der Waals surface area contributed by atoms with Gasteiger partial charge in [0.1, 0.15) is 6.10 Å². The Morgan fingerprint density at radius 3 is 2.60 bits per heavy atom. The van der Waals surface area contributed by atoms with Gasteiger partial charge in [0.2, 0.25) is 10.0 Å². The Balaban J connectivity index is 1.55. The molecule has 0 aromatic carbocycles. The molecule has 0 spiro atoms. The van der Waals surface area contributed by atoms with Crippen LogP contribution >= 0.6 is 0 Å². The smallest absolute Gasteiger partial charge is 0.250 e. The summed E-state index contributed by atoms with van der Waals surface area (Å²) in [5.74, 6) is -0.248. The van der Waals surface area contributed by atoms with Gasteiger partial charge >= 0.3 is 0 Å². The van der Waals surface area contributed by atoms with Crippen LogP contribution in [-0.4, -0.2) is 42.7 Å². The van der Waals surface area contributed by atoms with E-state index in [9.17, 15) is 12.8 Å². The molecule has 7 heteroatoms. The number of ether oxygens (including phenoxy) is 1. The van der Waals surface area contributed by atoms with Crippen LogP contribution in [0.25, 0.3) is 0 Å². The highest BCUT2D eigenvalue weighted by atomic mass is 32.2. The number of halogens is 1. The molecular weight excluding hydrogens is 343 g/mol. The normalized spacial score (nSPS) is 22.6. The number of aromatic nitrogens is 1. The van der Waals surface area contributed by atoms with Crippen molar-refractivity contribution in [1.29, 1.82) is 0 Å². The molecule has 1 aliphatic carbocycles. The number of hydrogen-bond acceptors (Lipinski definition) is 4. The van der Waals surface area contributed by atoms with Gasteiger partial charge in [-0.05, 0) is 43.2 Å². The minimum absolute atomic E-state index is 0.00137. The number of sulfonamides is 1. The first-order valence-electron chi connectivity index (χ1n) is 9.13. The van der Waals surface area contributed by atoms with Crippen molar-refractivity contribution in [3.63, 3.8) is 0 Å². The van der Waals surface area contributed by atoms with E-state index in [1.54, 1.807) is 4.31 Å². The molecule has 140 valence electrons. The summed E-state index contributed by atoms with van der Waals surface area (Å²) in [6.07, 6.45) is 7.86. The molecule has 1 aromatic heterocycles. The van der Waals surface area contributed by atoms with Crippen LogP contribution in [0.4, 0.5) is 4.39 Å². The summed E-state index contributed by atoms with van der Waals surface area (Å²) in [5, 5.41) is 0. The predicted octanol–water partition coefficient (Wildman–Crippen LogP) is 3.36. The molecule has 0 N–H and O–H groups in total. The molecule has 2 aliphatic rings. The third-order valence-electron chi connectivity index (χ3n) is 5.39. The van der Waals surface area contributed by atoms with Crippen LogP contribution in [0.3, 0.4) is 0 Å². The van der Waals surface area contributed by atoms with Gasteiger partial charge in [0, 0.05) is 19.3 Å². The Hall–Kier alpha value is -1.21. The Morgan fingerprint density at radius 1 is 1.28 bits per heavy atom. The third kappa shape index (κ3) is 4.70. The van der Waals surface area contributed by atoms with Crippen LogP contribution < -0.4 is 4.74 Å². The second-order valence-corrected chi connectivity index (χ2v) is 9.60. The van der Waals surface area contributed by atoms with Crippen molar-refractivity contribution >= 4 is 10.0 Å². The summed E-state index contributed by atoms with van der Waals surface area (Å²) < 4.78 is 46.4. The lowest BCUT2D eigenvalue weighted by molar-refractivity contribution is 0.123. The van der Waals surface area contributed by atoms with Gasteiger partial charge in [-0.15, -0.1) is 0 Å². The summed E-state index contributed by atoms with van der Waals surface area (Å²) in [5.41, 5.74) is -0.0957. The number of nitrogens with zero attached hydrogens (tertiary/aromatic N) is 2. The Labute approximate surface area is 149 Å². The molecule has 0 bridgehead atoms.